The molecule has 7 nitrogen and oxygen atoms in total. The number of amides is 1. The molecular formula is C16H17N5O2. The van der Waals surface area contributed by atoms with Gasteiger partial charge in [0.2, 0.25) is 0 Å². The van der Waals surface area contributed by atoms with Gasteiger partial charge >= 0.3 is 6.09 Å². The fourth-order valence-electron chi connectivity index (χ4n) is 3.28. The van der Waals surface area contributed by atoms with Crippen LogP contribution in [0.25, 0.3) is 0 Å². The molecule has 1 fully saturated rings. The van der Waals surface area contributed by atoms with Crippen LogP contribution in [0.1, 0.15) is 24.2 Å². The van der Waals surface area contributed by atoms with Crippen LogP contribution >= 0.6 is 0 Å². The summed E-state index contributed by atoms with van der Waals surface area (Å²) in [6, 6.07) is 9.69. The van der Waals surface area contributed by atoms with Crippen molar-refractivity contribution in [2.24, 2.45) is 13.0 Å². The quantitative estimate of drug-likeness (QED) is 0.901. The van der Waals surface area contributed by atoms with Crippen LogP contribution in [0, 0.1) is 17.2 Å². The highest BCUT2D eigenvalue weighted by atomic mass is 16.4. The fourth-order valence-corrected chi connectivity index (χ4v) is 3.28. The molecule has 1 aromatic heterocycles. The highest BCUT2D eigenvalue weighted by molar-refractivity contribution is 5.82. The molecule has 2 aromatic rings. The minimum Gasteiger partial charge on any atom is -0.465 e. The minimum absolute atomic E-state index is 0.0271. The molecule has 0 aliphatic heterocycles. The fraction of sp³-hybridized carbons (Fsp3) is 0.375. The van der Waals surface area contributed by atoms with E-state index in [2.05, 4.69) is 21.6 Å². The number of nitrogens with one attached hydrogen (secondary N) is 1. The Balaban J connectivity index is 1.92. The molecule has 118 valence electrons. The van der Waals surface area contributed by atoms with Crippen LogP contribution in [-0.4, -0.2) is 26.0 Å². The number of hydrogen-bond acceptors (Lipinski definition) is 4. The number of aryl methyl sites for hydroxylation is 1. The standard InChI is InChI=1S/C16H17N5O2/c1-21-10-18-20-14(21)8-16(6-11(7-16)9-17)12-3-2-4-13(5-12)19-15(22)23/h2-5,10-11,19H,6-8H2,1H3,(H,22,23)/t11-,16-. The molecule has 1 saturated carbocycles. The first kappa shape index (κ1) is 15.0. The number of rotatable bonds is 4. The van der Waals surface area contributed by atoms with Crippen molar-refractivity contribution in [3.8, 4) is 6.07 Å². The zero-order valence-corrected chi connectivity index (χ0v) is 12.7. The maximum absolute atomic E-state index is 10.8. The monoisotopic (exact) mass is 311 g/mol. The van der Waals surface area contributed by atoms with Gasteiger partial charge in [-0.2, -0.15) is 5.26 Å². The number of carboxylic acid groups (broad SMARTS) is 1. The Labute approximate surface area is 133 Å². The predicted molar refractivity (Wildman–Crippen MR) is 82.8 cm³/mol. The van der Waals surface area contributed by atoms with Crippen LogP contribution in [0.15, 0.2) is 30.6 Å². The van der Waals surface area contributed by atoms with Gasteiger partial charge in [-0.25, -0.2) is 4.79 Å². The third-order valence-electron chi connectivity index (χ3n) is 4.48. The second-order valence-corrected chi connectivity index (χ2v) is 6.06. The first-order valence-electron chi connectivity index (χ1n) is 7.35. The Morgan fingerprint density at radius 3 is 2.96 bits per heavy atom. The Hall–Kier alpha value is -2.88. The third kappa shape index (κ3) is 2.88. The van der Waals surface area contributed by atoms with Crippen molar-refractivity contribution >= 4 is 11.8 Å². The predicted octanol–water partition coefficient (Wildman–Crippen LogP) is 2.32. The average Bonchev–Trinajstić information content (AvgIpc) is 2.87. The van der Waals surface area contributed by atoms with E-state index in [0.29, 0.717) is 12.1 Å². The Morgan fingerprint density at radius 2 is 2.35 bits per heavy atom. The van der Waals surface area contributed by atoms with E-state index in [1.165, 1.54) is 0 Å². The van der Waals surface area contributed by atoms with Gasteiger partial charge in [0.15, 0.2) is 0 Å². The number of nitrogens with zero attached hydrogens (tertiary/aromatic N) is 4. The second-order valence-electron chi connectivity index (χ2n) is 6.06. The number of anilines is 1. The molecule has 23 heavy (non-hydrogen) atoms. The molecular weight excluding hydrogens is 294 g/mol. The number of aromatic nitrogens is 3. The third-order valence-corrected chi connectivity index (χ3v) is 4.48. The van der Waals surface area contributed by atoms with E-state index in [1.54, 1.807) is 12.4 Å². The van der Waals surface area contributed by atoms with E-state index in [9.17, 15) is 4.79 Å². The summed E-state index contributed by atoms with van der Waals surface area (Å²) in [6.07, 6.45) is 2.73. The molecule has 0 saturated heterocycles. The van der Waals surface area contributed by atoms with Crippen LogP contribution in [0.5, 0.6) is 0 Å². The lowest BCUT2D eigenvalue weighted by Gasteiger charge is -2.45. The highest BCUT2D eigenvalue weighted by Gasteiger charge is 2.46. The van der Waals surface area contributed by atoms with Gasteiger partial charge in [-0.3, -0.25) is 5.32 Å². The summed E-state index contributed by atoms with van der Waals surface area (Å²) in [5.74, 6) is 0.886. The van der Waals surface area contributed by atoms with E-state index in [-0.39, 0.29) is 11.3 Å². The van der Waals surface area contributed by atoms with Gasteiger partial charge in [0, 0.05) is 30.5 Å². The smallest absolute Gasteiger partial charge is 0.409 e. The van der Waals surface area contributed by atoms with E-state index < -0.39 is 6.09 Å². The largest absolute Gasteiger partial charge is 0.465 e. The van der Waals surface area contributed by atoms with Gasteiger partial charge in [-0.1, -0.05) is 12.1 Å². The molecule has 1 heterocycles. The Kier molecular flexibility index (Phi) is 3.74. The zero-order chi connectivity index (χ0) is 16.4. The van der Waals surface area contributed by atoms with E-state index in [4.69, 9.17) is 10.4 Å². The molecule has 1 aliphatic carbocycles. The maximum atomic E-state index is 10.8. The second kappa shape index (κ2) is 5.72. The number of hydrogen-bond donors (Lipinski definition) is 2. The lowest BCUT2D eigenvalue weighted by atomic mass is 9.57. The Morgan fingerprint density at radius 1 is 1.57 bits per heavy atom. The summed E-state index contributed by atoms with van der Waals surface area (Å²) >= 11 is 0. The molecule has 7 heteroatoms. The van der Waals surface area contributed by atoms with E-state index in [1.807, 2.05) is 29.8 Å². The number of carbonyl (C=O) groups is 1. The van der Waals surface area contributed by atoms with Crippen LogP contribution in [0.3, 0.4) is 0 Å². The highest BCUT2D eigenvalue weighted by Crippen LogP contribution is 2.49. The van der Waals surface area contributed by atoms with Crippen molar-refractivity contribution in [3.63, 3.8) is 0 Å². The Bertz CT molecular complexity index is 771. The zero-order valence-electron chi connectivity index (χ0n) is 12.7. The maximum Gasteiger partial charge on any atom is 0.409 e. The normalized spacial score (nSPS) is 22.9. The molecule has 0 atom stereocenters. The summed E-state index contributed by atoms with van der Waals surface area (Å²) in [6.45, 7) is 0. The summed E-state index contributed by atoms with van der Waals surface area (Å²) in [5, 5.41) is 28.5. The van der Waals surface area contributed by atoms with Crippen LogP contribution in [0.2, 0.25) is 0 Å². The molecule has 1 aliphatic rings. The minimum atomic E-state index is -1.09. The topological polar surface area (TPSA) is 104 Å². The molecule has 0 bridgehead atoms. The average molecular weight is 311 g/mol. The summed E-state index contributed by atoms with van der Waals surface area (Å²) in [5.41, 5.74) is 1.36. The van der Waals surface area contributed by atoms with Crippen LogP contribution in [0.4, 0.5) is 10.5 Å². The number of benzene rings is 1. The first-order valence-corrected chi connectivity index (χ1v) is 7.35. The van der Waals surface area contributed by atoms with Gasteiger partial charge in [-0.05, 0) is 30.5 Å². The molecule has 1 amide bonds. The molecule has 2 N–H and O–H groups in total. The lowest BCUT2D eigenvalue weighted by molar-refractivity contribution is 0.179. The summed E-state index contributed by atoms with van der Waals surface area (Å²) < 4.78 is 1.88. The van der Waals surface area contributed by atoms with Gasteiger partial charge in [0.25, 0.3) is 0 Å². The van der Waals surface area contributed by atoms with Crippen molar-refractivity contribution in [2.45, 2.75) is 24.7 Å². The summed E-state index contributed by atoms with van der Waals surface area (Å²) in [4.78, 5) is 10.8. The van der Waals surface area contributed by atoms with Gasteiger partial charge in [0.1, 0.15) is 12.2 Å². The van der Waals surface area contributed by atoms with Crippen molar-refractivity contribution in [1.82, 2.24) is 14.8 Å². The summed E-state index contributed by atoms with van der Waals surface area (Å²) in [7, 11) is 1.89. The van der Waals surface area contributed by atoms with Crippen molar-refractivity contribution in [2.75, 3.05) is 5.32 Å². The lowest BCUT2D eigenvalue weighted by Crippen LogP contribution is -2.43. The molecule has 1 aromatic carbocycles. The van der Waals surface area contributed by atoms with Crippen molar-refractivity contribution in [3.05, 3.63) is 42.0 Å². The first-order chi connectivity index (χ1) is 11.0. The van der Waals surface area contributed by atoms with E-state index in [0.717, 1.165) is 24.2 Å². The molecule has 0 radical (unpaired) electrons. The molecule has 0 unspecified atom stereocenters. The van der Waals surface area contributed by atoms with Crippen molar-refractivity contribution < 1.29 is 9.90 Å². The van der Waals surface area contributed by atoms with E-state index >= 15 is 0 Å². The van der Waals surface area contributed by atoms with Crippen LogP contribution < -0.4 is 5.32 Å². The van der Waals surface area contributed by atoms with Gasteiger partial charge in [-0.15, -0.1) is 10.2 Å². The number of nitriles is 1. The van der Waals surface area contributed by atoms with Gasteiger partial charge in [0.05, 0.1) is 6.07 Å². The SMILES string of the molecule is Cn1cnnc1C[C@]1(c2cccc(NC(=O)O)c2)C[C@H](C#N)C1. The van der Waals surface area contributed by atoms with Crippen molar-refractivity contribution in [1.29, 1.82) is 5.26 Å². The molecule has 3 rings (SSSR count). The van der Waals surface area contributed by atoms with Crippen LogP contribution in [-0.2, 0) is 18.9 Å². The van der Waals surface area contributed by atoms with Gasteiger partial charge < -0.3 is 9.67 Å². The molecule has 0 spiro atoms.